The summed E-state index contributed by atoms with van der Waals surface area (Å²) in [4.78, 5) is 120. The van der Waals surface area contributed by atoms with Crippen molar-refractivity contribution in [2.75, 3.05) is 72.2 Å². The molecule has 0 aliphatic carbocycles. The Labute approximate surface area is 412 Å². The highest BCUT2D eigenvalue weighted by atomic mass is 16.2. The molecule has 0 saturated carbocycles. The second-order valence-electron chi connectivity index (χ2n) is 17.2. The average molecular weight is 993 g/mol. The van der Waals surface area contributed by atoms with E-state index in [9.17, 15) is 43.2 Å². The predicted molar refractivity (Wildman–Crippen MR) is 265 cm³/mol. The Bertz CT molecular complexity index is 3050. The number of nitrogens with zero attached hydrogens (tertiary/aromatic N) is 7. The van der Waals surface area contributed by atoms with Gasteiger partial charge in [-0.2, -0.15) is 0 Å². The number of carbonyl (C=O) groups is 9. The number of carbonyl (C=O) groups excluding carboxylic acids is 9. The first kappa shape index (κ1) is 52.2. The molecule has 9 amide bonds. The van der Waals surface area contributed by atoms with E-state index in [-0.39, 0.29) is 65.5 Å². The Hall–Kier alpha value is -9.20. The first-order valence-corrected chi connectivity index (χ1v) is 22.4. The molecular weight excluding hydrogens is 935 g/mol. The van der Waals surface area contributed by atoms with Crippen molar-refractivity contribution >= 4 is 87.9 Å². The van der Waals surface area contributed by atoms with Gasteiger partial charge in [0.15, 0.2) is 5.82 Å². The molecule has 0 saturated heterocycles. The molecule has 0 fully saturated rings. The van der Waals surface area contributed by atoms with E-state index in [1.54, 1.807) is 67.1 Å². The number of hydrogen-bond acceptors (Lipinski definition) is 10. The minimum absolute atomic E-state index is 0.0308. The van der Waals surface area contributed by atoms with Crippen LogP contribution in [0.5, 0.6) is 0 Å². The maximum Gasteiger partial charge on any atom is 0.291 e. The van der Waals surface area contributed by atoms with Gasteiger partial charge in [-0.05, 0) is 30.3 Å². The smallest absolute Gasteiger partial charge is 0.291 e. The number of amides is 9. The molecule has 0 bridgehead atoms. The molecule has 72 heavy (non-hydrogen) atoms. The van der Waals surface area contributed by atoms with Crippen molar-refractivity contribution in [3.8, 4) is 0 Å². The van der Waals surface area contributed by atoms with Crippen LogP contribution in [0, 0.1) is 0 Å². The van der Waals surface area contributed by atoms with Gasteiger partial charge in [-0.1, -0.05) is 0 Å². The van der Waals surface area contributed by atoms with Crippen molar-refractivity contribution in [1.29, 1.82) is 0 Å². The fourth-order valence-corrected chi connectivity index (χ4v) is 7.46. The number of imidazole rings is 1. The van der Waals surface area contributed by atoms with E-state index in [2.05, 4.69) is 52.8 Å². The second-order valence-corrected chi connectivity index (χ2v) is 17.2. The lowest BCUT2D eigenvalue weighted by Gasteiger charge is -2.09. The Morgan fingerprint density at radius 2 is 0.889 bits per heavy atom. The zero-order valence-corrected chi connectivity index (χ0v) is 41.0. The van der Waals surface area contributed by atoms with Crippen LogP contribution < -0.4 is 52.8 Å². The van der Waals surface area contributed by atoms with Crippen LogP contribution in [0.1, 0.15) is 75.9 Å². The van der Waals surface area contributed by atoms with Crippen LogP contribution in [0.3, 0.4) is 0 Å². The van der Waals surface area contributed by atoms with Crippen LogP contribution in [0.2, 0.25) is 0 Å². The minimum Gasteiger partial charge on any atom is -0.354 e. The maximum atomic E-state index is 13.3. The molecular formula is C46H58N17O9+. The summed E-state index contributed by atoms with van der Waals surface area (Å²) in [5.74, 6) is -3.63. The predicted octanol–water partition coefficient (Wildman–Crippen LogP) is -0.171. The normalized spacial score (nSPS) is 10.9. The van der Waals surface area contributed by atoms with Gasteiger partial charge < -0.3 is 80.2 Å². The van der Waals surface area contributed by atoms with Crippen LogP contribution >= 0.6 is 0 Å². The number of hydrogen-bond donors (Lipinski definition) is 10. The fourth-order valence-electron chi connectivity index (χ4n) is 7.46. The van der Waals surface area contributed by atoms with Crippen molar-refractivity contribution in [2.24, 2.45) is 42.3 Å². The van der Waals surface area contributed by atoms with Gasteiger partial charge >= 0.3 is 0 Å². The topological polar surface area (TPSA) is 309 Å². The highest BCUT2D eigenvalue weighted by Gasteiger charge is 2.22. The molecule has 0 unspecified atom stereocenters. The highest BCUT2D eigenvalue weighted by molar-refractivity contribution is 6.09. The van der Waals surface area contributed by atoms with Crippen molar-refractivity contribution in [3.63, 3.8) is 0 Å². The molecule has 26 nitrogen and oxygen atoms in total. The lowest BCUT2D eigenvalue weighted by molar-refractivity contribution is -0.858. The first-order valence-electron chi connectivity index (χ1n) is 22.4. The summed E-state index contributed by atoms with van der Waals surface area (Å²) in [7, 11) is 13.8. The van der Waals surface area contributed by atoms with Gasteiger partial charge in [-0.25, -0.2) is 4.98 Å². The summed E-state index contributed by atoms with van der Waals surface area (Å²) in [5, 5.41) is 24.1. The van der Waals surface area contributed by atoms with Crippen LogP contribution in [0.4, 0.5) is 34.3 Å². The van der Waals surface area contributed by atoms with Crippen LogP contribution in [-0.4, -0.2) is 126 Å². The molecule has 10 N–H and O–H groups in total. The number of aromatic nitrogens is 7. The molecule has 6 aromatic heterocycles. The zero-order chi connectivity index (χ0) is 52.4. The van der Waals surface area contributed by atoms with Crippen molar-refractivity contribution in [3.05, 3.63) is 102 Å². The quantitative estimate of drug-likeness (QED) is 0.0316. The summed E-state index contributed by atoms with van der Waals surface area (Å²) in [6.45, 7) is 1.17. The SMILES string of the molecule is Cn1cc(NC(=O)c2cc(NC(=O)c3nc(NC=O)cn3C)cn2C)cc1C(=O)NCCC(=O)Nc1cc(C(=O)Nc2cc(C(=O)Nc3cc(C(=O)NCC(=O)NCCC[NH+](C)C)n(C)c3)n(C)c2)n(C)c1. The summed E-state index contributed by atoms with van der Waals surface area (Å²) >= 11 is 0. The fraction of sp³-hybridized carbons (Fsp3) is 0.304. The van der Waals surface area contributed by atoms with Crippen molar-refractivity contribution in [1.82, 2.24) is 48.3 Å². The van der Waals surface area contributed by atoms with Crippen LogP contribution in [-0.2, 0) is 56.7 Å². The lowest BCUT2D eigenvalue weighted by Crippen LogP contribution is -3.05. The summed E-state index contributed by atoms with van der Waals surface area (Å²) in [6.07, 6.45) is 10.4. The monoisotopic (exact) mass is 992 g/mol. The molecule has 0 atom stereocenters. The molecule has 380 valence electrons. The Balaban J connectivity index is 0.941. The van der Waals surface area contributed by atoms with E-state index in [4.69, 9.17) is 0 Å². The zero-order valence-electron chi connectivity index (χ0n) is 41.0. The Morgan fingerprint density at radius 1 is 0.486 bits per heavy atom. The second kappa shape index (κ2) is 22.9. The average Bonchev–Trinajstić information content (AvgIpc) is 4.18. The van der Waals surface area contributed by atoms with Gasteiger partial charge in [-0.15, -0.1) is 0 Å². The standard InChI is InChI=1S/C46H57N17O9/c1-57(2)13-9-11-47-39(66)19-49-42(68)33-16-29(22-59(33)4)53-44(70)35-17-30(23-61(35)6)54-43(69)34-14-27(20-60(34)5)51-38(65)10-12-48-41(67)32-15-28(21-58(32)3)52-45(71)36-18-31(24-62(36)7)55-46(72)40-56-37(50-26-64)25-63(40)8/h14-18,20-26H,9-13,19H2,1-8H3,(H,47,66)(H,48,67)(H,49,68)(H,50,64)(H,51,65)(H,52,71)(H,53,70)(H,54,69)(H,55,72)/p+1. The van der Waals surface area contributed by atoms with E-state index in [0.717, 1.165) is 13.0 Å². The van der Waals surface area contributed by atoms with Gasteiger partial charge in [-0.3, -0.25) is 43.2 Å². The molecule has 0 spiro atoms. The highest BCUT2D eigenvalue weighted by Crippen LogP contribution is 2.21. The van der Waals surface area contributed by atoms with E-state index in [0.29, 0.717) is 41.4 Å². The molecule has 6 rings (SSSR count). The van der Waals surface area contributed by atoms with Crippen LogP contribution in [0.25, 0.3) is 0 Å². The van der Waals surface area contributed by atoms with Crippen molar-refractivity contribution < 1.29 is 48.1 Å². The number of anilines is 6. The number of rotatable bonds is 22. The number of nitrogens with one attached hydrogen (secondary N) is 10. The molecule has 0 radical (unpaired) electrons. The van der Waals surface area contributed by atoms with Gasteiger partial charge in [0.1, 0.15) is 28.5 Å². The molecule has 0 aliphatic heterocycles. The molecule has 0 aromatic carbocycles. The lowest BCUT2D eigenvalue weighted by atomic mass is 10.3. The van der Waals surface area contributed by atoms with E-state index >= 15 is 0 Å². The number of quaternary nitrogens is 1. The Kier molecular flexibility index (Phi) is 16.6. The molecule has 6 aromatic rings. The van der Waals surface area contributed by atoms with E-state index in [1.165, 1.54) is 75.0 Å². The largest absolute Gasteiger partial charge is 0.354 e. The van der Waals surface area contributed by atoms with Gasteiger partial charge in [0.25, 0.3) is 35.4 Å². The molecule has 26 heteroatoms. The van der Waals surface area contributed by atoms with Crippen molar-refractivity contribution in [2.45, 2.75) is 12.8 Å². The maximum absolute atomic E-state index is 13.3. The van der Waals surface area contributed by atoms with Gasteiger partial charge in [0, 0.05) is 105 Å². The first-order chi connectivity index (χ1) is 34.2. The van der Waals surface area contributed by atoms with E-state index < -0.39 is 41.4 Å². The van der Waals surface area contributed by atoms with Gasteiger partial charge in [0.2, 0.25) is 24.0 Å². The summed E-state index contributed by atoms with van der Waals surface area (Å²) in [6, 6.07) is 7.38. The van der Waals surface area contributed by atoms with Crippen LogP contribution in [0.15, 0.2) is 67.5 Å². The minimum atomic E-state index is -0.565. The van der Waals surface area contributed by atoms with E-state index in [1.807, 2.05) is 14.1 Å². The van der Waals surface area contributed by atoms with Gasteiger partial charge in [0.05, 0.1) is 55.6 Å². The number of aryl methyl sites for hydroxylation is 6. The third-order valence-corrected chi connectivity index (χ3v) is 11.0. The summed E-state index contributed by atoms with van der Waals surface area (Å²) in [5.41, 5.74) is 2.64. The third kappa shape index (κ3) is 13.3. The molecule has 0 aliphatic rings. The third-order valence-electron chi connectivity index (χ3n) is 11.0. The summed E-state index contributed by atoms with van der Waals surface area (Å²) < 4.78 is 9.02. The Morgan fingerprint density at radius 3 is 1.32 bits per heavy atom. The molecule has 6 heterocycles.